The van der Waals surface area contributed by atoms with Crippen molar-refractivity contribution in [3.8, 4) is 0 Å². The number of aromatic nitrogens is 4. The summed E-state index contributed by atoms with van der Waals surface area (Å²) in [5, 5.41) is 12.7. The summed E-state index contributed by atoms with van der Waals surface area (Å²) in [6.07, 6.45) is 0. The van der Waals surface area contributed by atoms with E-state index in [4.69, 9.17) is 0 Å². The molecule has 0 bridgehead atoms. The van der Waals surface area contributed by atoms with Gasteiger partial charge in [0.15, 0.2) is 0 Å². The summed E-state index contributed by atoms with van der Waals surface area (Å²) >= 11 is 1.70. The van der Waals surface area contributed by atoms with E-state index >= 15 is 0 Å². The molecular weight excluding hydrogens is 270 g/mol. The van der Waals surface area contributed by atoms with E-state index in [0.29, 0.717) is 5.95 Å². The Kier molecular flexibility index (Phi) is 3.31. The Hall–Kier alpha value is -2.08. The zero-order valence-electron chi connectivity index (χ0n) is 11.6. The summed E-state index contributed by atoms with van der Waals surface area (Å²) in [5.41, 5.74) is 2.70. The van der Waals surface area contributed by atoms with Gasteiger partial charge in [0.2, 0.25) is 5.95 Å². The zero-order valence-corrected chi connectivity index (χ0v) is 12.4. The molecule has 2 heterocycles. The summed E-state index contributed by atoms with van der Waals surface area (Å²) in [6.45, 7) is 6.12. The number of benzene rings is 1. The molecular formula is C14H15N5S. The van der Waals surface area contributed by atoms with E-state index in [-0.39, 0.29) is 6.04 Å². The van der Waals surface area contributed by atoms with E-state index in [2.05, 4.69) is 32.4 Å². The number of hydrogen-bond donors (Lipinski definition) is 1. The monoisotopic (exact) mass is 285 g/mol. The number of thiazole rings is 1. The van der Waals surface area contributed by atoms with E-state index in [1.807, 2.05) is 38.1 Å². The second-order valence-electron chi connectivity index (χ2n) is 4.67. The molecule has 3 aromatic rings. The molecule has 0 aliphatic carbocycles. The van der Waals surface area contributed by atoms with Crippen molar-refractivity contribution in [2.75, 3.05) is 5.32 Å². The van der Waals surface area contributed by atoms with E-state index in [1.165, 1.54) is 4.88 Å². The van der Waals surface area contributed by atoms with Crippen LogP contribution in [0.5, 0.6) is 0 Å². The summed E-state index contributed by atoms with van der Waals surface area (Å²) in [7, 11) is 0. The number of hydrogen-bond acceptors (Lipinski definition) is 6. The standard InChI is InChI=1S/C14H15N5S/c1-8-13(20-10(3)15-8)9(2)16-14-17-11-6-4-5-7-12(11)18-19-14/h4-7,9H,1-3H3,(H,16,17,19). The molecule has 0 amide bonds. The van der Waals surface area contributed by atoms with E-state index in [9.17, 15) is 0 Å². The molecule has 1 N–H and O–H groups in total. The second-order valence-corrected chi connectivity index (χ2v) is 5.91. The minimum atomic E-state index is 0.115. The smallest absolute Gasteiger partial charge is 0.243 e. The van der Waals surface area contributed by atoms with Crippen LogP contribution in [0.3, 0.4) is 0 Å². The number of rotatable bonds is 3. The van der Waals surface area contributed by atoms with Crippen molar-refractivity contribution in [2.45, 2.75) is 26.8 Å². The molecule has 0 spiro atoms. The fourth-order valence-electron chi connectivity index (χ4n) is 2.15. The van der Waals surface area contributed by atoms with Gasteiger partial charge < -0.3 is 5.32 Å². The third kappa shape index (κ3) is 2.46. The van der Waals surface area contributed by atoms with Crippen LogP contribution in [0.4, 0.5) is 5.95 Å². The lowest BCUT2D eigenvalue weighted by atomic mass is 10.2. The lowest BCUT2D eigenvalue weighted by Crippen LogP contribution is -2.10. The van der Waals surface area contributed by atoms with E-state index in [0.717, 1.165) is 21.7 Å². The molecule has 0 aliphatic heterocycles. The molecule has 1 aromatic carbocycles. The van der Waals surface area contributed by atoms with Gasteiger partial charge in [-0.15, -0.1) is 21.5 Å². The number of anilines is 1. The number of aryl methyl sites for hydroxylation is 2. The van der Waals surface area contributed by atoms with E-state index in [1.54, 1.807) is 11.3 Å². The first-order valence-corrected chi connectivity index (χ1v) is 7.25. The Morgan fingerprint density at radius 1 is 1.05 bits per heavy atom. The first-order valence-electron chi connectivity index (χ1n) is 6.43. The molecule has 20 heavy (non-hydrogen) atoms. The molecule has 0 saturated heterocycles. The van der Waals surface area contributed by atoms with Crippen LogP contribution in [0, 0.1) is 13.8 Å². The van der Waals surface area contributed by atoms with Crippen LogP contribution in [-0.4, -0.2) is 20.2 Å². The van der Waals surface area contributed by atoms with E-state index < -0.39 is 0 Å². The van der Waals surface area contributed by atoms with Crippen molar-refractivity contribution in [2.24, 2.45) is 0 Å². The summed E-state index contributed by atoms with van der Waals surface area (Å²) in [5.74, 6) is 0.543. The minimum Gasteiger partial charge on any atom is -0.345 e. The second kappa shape index (κ2) is 5.13. The molecule has 0 saturated carbocycles. The Morgan fingerprint density at radius 3 is 2.50 bits per heavy atom. The van der Waals surface area contributed by atoms with Crippen molar-refractivity contribution in [1.82, 2.24) is 20.2 Å². The zero-order chi connectivity index (χ0) is 14.1. The maximum atomic E-state index is 4.48. The third-order valence-corrected chi connectivity index (χ3v) is 4.29. The molecule has 5 nitrogen and oxygen atoms in total. The average molecular weight is 285 g/mol. The van der Waals surface area contributed by atoms with Gasteiger partial charge in [-0.05, 0) is 32.9 Å². The molecule has 1 unspecified atom stereocenters. The van der Waals surface area contributed by atoms with Crippen LogP contribution >= 0.6 is 11.3 Å². The van der Waals surface area contributed by atoms with Crippen molar-refractivity contribution in [3.05, 3.63) is 39.8 Å². The van der Waals surface area contributed by atoms with Gasteiger partial charge in [0.25, 0.3) is 0 Å². The van der Waals surface area contributed by atoms with Crippen molar-refractivity contribution >= 4 is 28.3 Å². The normalized spacial score (nSPS) is 12.6. The van der Waals surface area contributed by atoms with Crippen LogP contribution in [0.25, 0.3) is 11.0 Å². The third-order valence-electron chi connectivity index (χ3n) is 3.04. The maximum Gasteiger partial charge on any atom is 0.243 e. The van der Waals surface area contributed by atoms with Crippen LogP contribution < -0.4 is 5.32 Å². The van der Waals surface area contributed by atoms with Gasteiger partial charge in [0, 0.05) is 4.88 Å². The number of fused-ring (bicyclic) bond motifs is 1. The topological polar surface area (TPSA) is 63.6 Å². The SMILES string of the molecule is Cc1nc(C)c(C(C)Nc2nnc3ccccc3n2)s1. The Labute approximate surface area is 121 Å². The van der Waals surface area contributed by atoms with Gasteiger partial charge in [0.1, 0.15) is 5.52 Å². The molecule has 3 rings (SSSR count). The molecule has 2 aromatic heterocycles. The van der Waals surface area contributed by atoms with Gasteiger partial charge in [-0.25, -0.2) is 9.97 Å². The fourth-order valence-corrected chi connectivity index (χ4v) is 3.08. The predicted octanol–water partition coefficient (Wildman–Crippen LogP) is 3.27. The maximum absolute atomic E-state index is 4.48. The van der Waals surface area contributed by atoms with Crippen LogP contribution in [0.1, 0.15) is 28.5 Å². The van der Waals surface area contributed by atoms with Crippen molar-refractivity contribution < 1.29 is 0 Å². The van der Waals surface area contributed by atoms with Gasteiger partial charge in [-0.3, -0.25) is 0 Å². The minimum absolute atomic E-state index is 0.115. The lowest BCUT2D eigenvalue weighted by molar-refractivity contribution is 0.854. The van der Waals surface area contributed by atoms with Gasteiger partial charge in [-0.1, -0.05) is 12.1 Å². The Morgan fingerprint density at radius 2 is 1.80 bits per heavy atom. The molecule has 6 heteroatoms. The van der Waals surface area contributed by atoms with Gasteiger partial charge >= 0.3 is 0 Å². The highest BCUT2D eigenvalue weighted by atomic mass is 32.1. The summed E-state index contributed by atoms with van der Waals surface area (Å²) in [6, 6.07) is 7.82. The molecule has 1 atom stereocenters. The molecule has 102 valence electrons. The molecule has 0 radical (unpaired) electrons. The van der Waals surface area contributed by atoms with Crippen LogP contribution in [-0.2, 0) is 0 Å². The highest BCUT2D eigenvalue weighted by Crippen LogP contribution is 2.26. The fraction of sp³-hybridized carbons (Fsp3) is 0.286. The quantitative estimate of drug-likeness (QED) is 0.800. The molecule has 0 fully saturated rings. The Balaban J connectivity index is 1.87. The number of para-hydroxylation sites is 1. The van der Waals surface area contributed by atoms with Crippen molar-refractivity contribution in [3.63, 3.8) is 0 Å². The van der Waals surface area contributed by atoms with Gasteiger partial charge in [-0.2, -0.15) is 0 Å². The molecule has 0 aliphatic rings. The number of nitrogens with zero attached hydrogens (tertiary/aromatic N) is 4. The van der Waals surface area contributed by atoms with Crippen molar-refractivity contribution in [1.29, 1.82) is 0 Å². The predicted molar refractivity (Wildman–Crippen MR) is 81.0 cm³/mol. The highest BCUT2D eigenvalue weighted by molar-refractivity contribution is 7.11. The first-order chi connectivity index (χ1) is 9.63. The first kappa shape index (κ1) is 12.9. The summed E-state index contributed by atoms with van der Waals surface area (Å²) in [4.78, 5) is 10.1. The highest BCUT2D eigenvalue weighted by Gasteiger charge is 2.14. The summed E-state index contributed by atoms with van der Waals surface area (Å²) < 4.78 is 0. The number of nitrogens with one attached hydrogen (secondary N) is 1. The van der Waals surface area contributed by atoms with Gasteiger partial charge in [0.05, 0.1) is 22.3 Å². The van der Waals surface area contributed by atoms with Crippen LogP contribution in [0.2, 0.25) is 0 Å². The lowest BCUT2D eigenvalue weighted by Gasteiger charge is -2.12. The largest absolute Gasteiger partial charge is 0.345 e. The van der Waals surface area contributed by atoms with Crippen LogP contribution in [0.15, 0.2) is 24.3 Å². The Bertz CT molecular complexity index is 752. The average Bonchev–Trinajstić information content (AvgIpc) is 2.78.